The third kappa shape index (κ3) is 4.00. The van der Waals surface area contributed by atoms with E-state index in [1.54, 1.807) is 18.2 Å². The van der Waals surface area contributed by atoms with Crippen molar-refractivity contribution in [1.29, 1.82) is 0 Å². The topological polar surface area (TPSA) is 94.9 Å². The van der Waals surface area contributed by atoms with Gasteiger partial charge >= 0.3 is 11.9 Å². The van der Waals surface area contributed by atoms with E-state index in [4.69, 9.17) is 4.74 Å². The van der Waals surface area contributed by atoms with E-state index in [1.807, 2.05) is 36.6 Å². The van der Waals surface area contributed by atoms with E-state index >= 15 is 0 Å². The average Bonchev–Trinajstić information content (AvgIpc) is 3.20. The predicted molar refractivity (Wildman–Crippen MR) is 116 cm³/mol. The zero-order valence-electron chi connectivity index (χ0n) is 17.8. The highest BCUT2D eigenvalue weighted by molar-refractivity contribution is 8.18. The van der Waals surface area contributed by atoms with Crippen LogP contribution in [0.5, 0.6) is 0 Å². The fourth-order valence-corrected chi connectivity index (χ4v) is 4.39. The fraction of sp³-hybridized carbons (Fsp3) is 0.273. The average molecular weight is 442 g/mol. The summed E-state index contributed by atoms with van der Waals surface area (Å²) in [6, 6.07) is 7.91. The van der Waals surface area contributed by atoms with Crippen molar-refractivity contribution in [2.75, 3.05) is 14.2 Å². The van der Waals surface area contributed by atoms with Gasteiger partial charge in [0.2, 0.25) is 0 Å². The highest BCUT2D eigenvalue weighted by atomic mass is 32.2. The maximum atomic E-state index is 12.8. The molecule has 2 aromatic rings. The molecular weight excluding hydrogens is 420 g/mol. The van der Waals surface area contributed by atoms with E-state index in [2.05, 4.69) is 4.74 Å². The molecule has 0 saturated carbocycles. The fourth-order valence-electron chi connectivity index (χ4n) is 3.49. The Morgan fingerprint density at radius 3 is 2.42 bits per heavy atom. The number of esters is 2. The first-order chi connectivity index (χ1) is 14.7. The molecule has 3 rings (SSSR count). The number of methoxy groups -OCH3 is 2. The van der Waals surface area contributed by atoms with Gasteiger partial charge in [-0.15, -0.1) is 0 Å². The molecule has 1 aromatic carbocycles. The number of amides is 2. The van der Waals surface area contributed by atoms with Crippen LogP contribution >= 0.6 is 11.8 Å². The number of carbonyl (C=O) groups excluding carboxylic acids is 4. The SMILES string of the molecule is COC(=O)c1ccccc1-n1c(C)cc(/C=C2/SC(=O)N([C@@H](C)C(=O)OC)C2=O)c1C. The minimum atomic E-state index is -1.01. The number of hydrogen-bond acceptors (Lipinski definition) is 7. The van der Waals surface area contributed by atoms with E-state index in [0.29, 0.717) is 16.8 Å². The number of aromatic nitrogens is 1. The van der Waals surface area contributed by atoms with Crippen LogP contribution in [0.1, 0.15) is 34.2 Å². The Hall–Kier alpha value is -3.33. The van der Waals surface area contributed by atoms with E-state index in [-0.39, 0.29) is 4.91 Å². The predicted octanol–water partition coefficient (Wildman–Crippen LogP) is 3.48. The van der Waals surface area contributed by atoms with Crippen molar-refractivity contribution in [3.8, 4) is 5.69 Å². The molecular formula is C22H22N2O6S. The van der Waals surface area contributed by atoms with Crippen LogP contribution in [0.3, 0.4) is 0 Å². The van der Waals surface area contributed by atoms with Gasteiger partial charge < -0.3 is 14.0 Å². The molecule has 1 fully saturated rings. The molecule has 0 radical (unpaired) electrons. The first kappa shape index (κ1) is 22.4. The van der Waals surface area contributed by atoms with Crippen LogP contribution in [-0.2, 0) is 19.1 Å². The minimum absolute atomic E-state index is 0.210. The Kier molecular flexibility index (Phi) is 6.35. The maximum Gasteiger partial charge on any atom is 0.339 e. The van der Waals surface area contributed by atoms with E-state index in [9.17, 15) is 19.2 Å². The molecule has 2 heterocycles. The zero-order chi connectivity index (χ0) is 22.9. The monoisotopic (exact) mass is 442 g/mol. The summed E-state index contributed by atoms with van der Waals surface area (Å²) < 4.78 is 11.4. The summed E-state index contributed by atoms with van der Waals surface area (Å²) in [5.74, 6) is -1.67. The van der Waals surface area contributed by atoms with Crippen LogP contribution in [0.15, 0.2) is 35.2 Å². The van der Waals surface area contributed by atoms with E-state index in [1.165, 1.54) is 21.1 Å². The van der Waals surface area contributed by atoms with Crippen molar-refractivity contribution in [3.05, 3.63) is 57.8 Å². The Morgan fingerprint density at radius 1 is 1.10 bits per heavy atom. The molecule has 8 nitrogen and oxygen atoms in total. The molecule has 162 valence electrons. The van der Waals surface area contributed by atoms with Gasteiger partial charge in [-0.05, 0) is 62.4 Å². The summed E-state index contributed by atoms with van der Waals surface area (Å²) in [6.45, 7) is 5.18. The first-order valence-electron chi connectivity index (χ1n) is 9.42. The smallest absolute Gasteiger partial charge is 0.339 e. The van der Waals surface area contributed by atoms with Crippen molar-refractivity contribution in [2.24, 2.45) is 0 Å². The van der Waals surface area contributed by atoms with E-state index < -0.39 is 29.1 Å². The molecule has 1 aromatic heterocycles. The molecule has 1 aliphatic heterocycles. The Morgan fingerprint density at radius 2 is 1.77 bits per heavy atom. The lowest BCUT2D eigenvalue weighted by Crippen LogP contribution is -2.42. The van der Waals surface area contributed by atoms with Crippen LogP contribution in [0.25, 0.3) is 11.8 Å². The van der Waals surface area contributed by atoms with Gasteiger partial charge in [0.05, 0.1) is 30.4 Å². The summed E-state index contributed by atoms with van der Waals surface area (Å²) in [4.78, 5) is 50.2. The molecule has 0 unspecified atom stereocenters. The first-order valence-corrected chi connectivity index (χ1v) is 10.2. The molecule has 0 N–H and O–H groups in total. The summed E-state index contributed by atoms with van der Waals surface area (Å²) in [5.41, 5.74) is 3.39. The number of benzene rings is 1. The Labute approximate surface area is 183 Å². The normalized spacial score (nSPS) is 16.0. The molecule has 1 saturated heterocycles. The number of nitrogens with zero attached hydrogens (tertiary/aromatic N) is 2. The summed E-state index contributed by atoms with van der Waals surface area (Å²) in [6.07, 6.45) is 1.62. The van der Waals surface area contributed by atoms with Crippen LogP contribution < -0.4 is 0 Å². The van der Waals surface area contributed by atoms with Crippen molar-refractivity contribution < 1.29 is 28.7 Å². The van der Waals surface area contributed by atoms with Gasteiger partial charge in [-0.2, -0.15) is 0 Å². The Balaban J connectivity index is 2.02. The Bertz CT molecular complexity index is 1120. The quantitative estimate of drug-likeness (QED) is 0.517. The highest BCUT2D eigenvalue weighted by Gasteiger charge is 2.41. The number of carbonyl (C=O) groups is 4. The molecule has 0 bridgehead atoms. The molecule has 1 aliphatic rings. The number of imide groups is 1. The number of para-hydroxylation sites is 1. The van der Waals surface area contributed by atoms with Crippen molar-refractivity contribution in [1.82, 2.24) is 9.47 Å². The van der Waals surface area contributed by atoms with Gasteiger partial charge in [0.15, 0.2) is 0 Å². The van der Waals surface area contributed by atoms with Crippen LogP contribution in [-0.4, -0.2) is 52.8 Å². The van der Waals surface area contributed by atoms with Crippen LogP contribution in [0.2, 0.25) is 0 Å². The number of hydrogen-bond donors (Lipinski definition) is 0. The standard InChI is InChI=1S/C22H22N2O6S/c1-12-10-15(11-18-19(25)24(22(28)31-18)14(3)20(26)29-4)13(2)23(12)17-9-7-6-8-16(17)21(27)30-5/h6-11,14H,1-5H3/b18-11+/t14-/m0/s1. The number of rotatable bonds is 5. The van der Waals surface area contributed by atoms with Gasteiger partial charge in [0.25, 0.3) is 11.1 Å². The van der Waals surface area contributed by atoms with Crippen LogP contribution in [0.4, 0.5) is 4.79 Å². The number of thioether (sulfide) groups is 1. The van der Waals surface area contributed by atoms with Gasteiger partial charge in [0, 0.05) is 11.4 Å². The maximum absolute atomic E-state index is 12.8. The summed E-state index contributed by atoms with van der Waals surface area (Å²) in [5, 5.41) is -0.529. The number of ether oxygens (including phenoxy) is 2. The molecule has 31 heavy (non-hydrogen) atoms. The van der Waals surface area contributed by atoms with Crippen molar-refractivity contribution in [2.45, 2.75) is 26.8 Å². The number of aryl methyl sites for hydroxylation is 1. The third-order valence-electron chi connectivity index (χ3n) is 5.06. The van der Waals surface area contributed by atoms with Gasteiger partial charge in [-0.25, -0.2) is 9.59 Å². The second-order valence-corrected chi connectivity index (χ2v) is 7.91. The molecule has 2 amide bonds. The lowest BCUT2D eigenvalue weighted by Gasteiger charge is -2.18. The molecule has 0 aliphatic carbocycles. The lowest BCUT2D eigenvalue weighted by atomic mass is 10.1. The van der Waals surface area contributed by atoms with Crippen molar-refractivity contribution >= 4 is 40.9 Å². The third-order valence-corrected chi connectivity index (χ3v) is 5.94. The van der Waals surface area contributed by atoms with Gasteiger partial charge in [-0.3, -0.25) is 14.5 Å². The zero-order valence-corrected chi connectivity index (χ0v) is 18.6. The summed E-state index contributed by atoms with van der Waals surface area (Å²) in [7, 11) is 2.53. The molecule has 1 atom stereocenters. The second kappa shape index (κ2) is 8.81. The van der Waals surface area contributed by atoms with Gasteiger partial charge in [0.1, 0.15) is 6.04 Å². The highest BCUT2D eigenvalue weighted by Crippen LogP contribution is 2.35. The largest absolute Gasteiger partial charge is 0.467 e. The lowest BCUT2D eigenvalue weighted by molar-refractivity contribution is -0.148. The van der Waals surface area contributed by atoms with E-state index in [0.717, 1.165) is 28.0 Å². The molecule has 0 spiro atoms. The summed E-state index contributed by atoms with van der Waals surface area (Å²) >= 11 is 0.772. The minimum Gasteiger partial charge on any atom is -0.467 e. The van der Waals surface area contributed by atoms with Crippen LogP contribution in [0, 0.1) is 13.8 Å². The van der Waals surface area contributed by atoms with Crippen molar-refractivity contribution in [3.63, 3.8) is 0 Å². The second-order valence-electron chi connectivity index (χ2n) is 6.92. The van der Waals surface area contributed by atoms with Gasteiger partial charge in [-0.1, -0.05) is 12.1 Å². The molecule has 9 heteroatoms.